The highest BCUT2D eigenvalue weighted by Gasteiger charge is 2.31. The molecule has 1 aliphatic rings. The van der Waals surface area contributed by atoms with Crippen molar-refractivity contribution in [2.75, 3.05) is 6.54 Å². The third-order valence-corrected chi connectivity index (χ3v) is 3.12. The highest BCUT2D eigenvalue weighted by Crippen LogP contribution is 2.32. The minimum atomic E-state index is -0.141. The second kappa shape index (κ2) is 9.75. The van der Waals surface area contributed by atoms with Crippen LogP contribution >= 0.6 is 0 Å². The summed E-state index contributed by atoms with van der Waals surface area (Å²) in [5.41, 5.74) is 0. The van der Waals surface area contributed by atoms with Gasteiger partial charge in [-0.2, -0.15) is 0 Å². The Morgan fingerprint density at radius 1 is 1.00 bits per heavy atom. The van der Waals surface area contributed by atoms with Crippen LogP contribution in [0.1, 0.15) is 26.7 Å². The van der Waals surface area contributed by atoms with Gasteiger partial charge in [-0.25, -0.2) is 0 Å². The molecule has 1 saturated carbocycles. The smallest absolute Gasteiger partial charge is 0.244 e. The van der Waals surface area contributed by atoms with Crippen LogP contribution in [0.3, 0.4) is 0 Å². The quantitative estimate of drug-likeness (QED) is 0.532. The van der Waals surface area contributed by atoms with Gasteiger partial charge in [-0.1, -0.05) is 36.5 Å². The van der Waals surface area contributed by atoms with Crippen molar-refractivity contribution in [3.8, 4) is 0 Å². The van der Waals surface area contributed by atoms with Crippen LogP contribution in [-0.4, -0.2) is 24.4 Å². The minimum Gasteiger partial charge on any atom is -0.350 e. The molecule has 1 unspecified atom stereocenters. The van der Waals surface area contributed by atoms with Crippen LogP contribution in [0.4, 0.5) is 0 Å². The van der Waals surface area contributed by atoms with E-state index in [0.717, 1.165) is 12.8 Å². The van der Waals surface area contributed by atoms with Gasteiger partial charge in [-0.15, -0.1) is 0 Å². The first-order chi connectivity index (χ1) is 10.2. The van der Waals surface area contributed by atoms with Gasteiger partial charge < -0.3 is 10.6 Å². The predicted octanol–water partition coefficient (Wildman–Crippen LogP) is 2.26. The molecule has 0 radical (unpaired) electrons. The fourth-order valence-electron chi connectivity index (χ4n) is 1.84. The topological polar surface area (TPSA) is 58.2 Å². The van der Waals surface area contributed by atoms with Gasteiger partial charge in [0.05, 0.1) is 0 Å². The SMILES string of the molecule is CC=CC=CC(=O)NCC(NC(=O)C=CC=CC)C1CC1. The summed E-state index contributed by atoms with van der Waals surface area (Å²) in [6.07, 6.45) is 15.9. The molecule has 0 aromatic rings. The van der Waals surface area contributed by atoms with E-state index in [1.807, 2.05) is 26.0 Å². The lowest BCUT2D eigenvalue weighted by Crippen LogP contribution is -2.44. The van der Waals surface area contributed by atoms with E-state index in [9.17, 15) is 9.59 Å². The van der Waals surface area contributed by atoms with Gasteiger partial charge in [0.25, 0.3) is 0 Å². The van der Waals surface area contributed by atoms with E-state index in [-0.39, 0.29) is 17.9 Å². The molecule has 0 saturated heterocycles. The average Bonchev–Trinajstić information content (AvgIpc) is 3.28. The molecule has 1 rings (SSSR count). The van der Waals surface area contributed by atoms with Crippen LogP contribution in [0, 0.1) is 5.92 Å². The van der Waals surface area contributed by atoms with E-state index in [2.05, 4.69) is 10.6 Å². The Morgan fingerprint density at radius 3 is 2.10 bits per heavy atom. The molecule has 2 N–H and O–H groups in total. The molecule has 0 aromatic heterocycles. The molecule has 0 aromatic carbocycles. The molecule has 114 valence electrons. The molecule has 4 nitrogen and oxygen atoms in total. The number of amides is 2. The molecular weight excluding hydrogens is 264 g/mol. The standard InChI is InChI=1S/C17H24N2O2/c1-3-5-7-9-16(20)18-13-15(14-11-12-14)19-17(21)10-8-6-4-2/h3-10,14-15H,11-13H2,1-2H3,(H,18,20)(H,19,21). The van der Waals surface area contributed by atoms with Gasteiger partial charge in [0.1, 0.15) is 0 Å². The first-order valence-corrected chi connectivity index (χ1v) is 7.34. The Labute approximate surface area is 126 Å². The summed E-state index contributed by atoms with van der Waals surface area (Å²) in [4.78, 5) is 23.3. The zero-order valence-corrected chi connectivity index (χ0v) is 12.7. The van der Waals surface area contributed by atoms with Crippen LogP contribution < -0.4 is 10.6 Å². The molecule has 21 heavy (non-hydrogen) atoms. The van der Waals surface area contributed by atoms with Crippen LogP contribution in [0.25, 0.3) is 0 Å². The second-order valence-electron chi connectivity index (χ2n) is 4.97. The van der Waals surface area contributed by atoms with E-state index >= 15 is 0 Å². The fourth-order valence-corrected chi connectivity index (χ4v) is 1.84. The van der Waals surface area contributed by atoms with E-state index < -0.39 is 0 Å². The van der Waals surface area contributed by atoms with Gasteiger partial charge in [0, 0.05) is 24.7 Å². The maximum Gasteiger partial charge on any atom is 0.244 e. The van der Waals surface area contributed by atoms with Crippen molar-refractivity contribution in [1.29, 1.82) is 0 Å². The van der Waals surface area contributed by atoms with E-state index in [1.165, 1.54) is 12.2 Å². The molecule has 1 atom stereocenters. The van der Waals surface area contributed by atoms with Crippen molar-refractivity contribution < 1.29 is 9.59 Å². The van der Waals surface area contributed by atoms with Crippen molar-refractivity contribution in [3.63, 3.8) is 0 Å². The van der Waals surface area contributed by atoms with Gasteiger partial charge in [-0.05, 0) is 32.6 Å². The maximum absolute atomic E-state index is 11.7. The fraction of sp³-hybridized carbons (Fsp3) is 0.412. The number of rotatable bonds is 8. The summed E-state index contributed by atoms with van der Waals surface area (Å²) in [5.74, 6) is 0.213. The van der Waals surface area contributed by atoms with Crippen LogP contribution in [-0.2, 0) is 9.59 Å². The Balaban J connectivity index is 2.40. The number of hydrogen-bond acceptors (Lipinski definition) is 2. The summed E-state index contributed by atoms with van der Waals surface area (Å²) in [7, 11) is 0. The first-order valence-electron chi connectivity index (χ1n) is 7.34. The largest absolute Gasteiger partial charge is 0.350 e. The summed E-state index contributed by atoms with van der Waals surface area (Å²) in [5, 5.41) is 5.77. The summed E-state index contributed by atoms with van der Waals surface area (Å²) < 4.78 is 0. The van der Waals surface area contributed by atoms with Gasteiger partial charge in [0.2, 0.25) is 11.8 Å². The molecule has 4 heteroatoms. The van der Waals surface area contributed by atoms with Crippen LogP contribution in [0.5, 0.6) is 0 Å². The number of carbonyl (C=O) groups excluding carboxylic acids is 2. The lowest BCUT2D eigenvalue weighted by Gasteiger charge is -2.17. The Bertz CT molecular complexity index is 457. The number of hydrogen-bond donors (Lipinski definition) is 2. The summed E-state index contributed by atoms with van der Waals surface area (Å²) in [6, 6.07) is 0.00632. The second-order valence-corrected chi connectivity index (χ2v) is 4.97. The molecule has 0 bridgehead atoms. The highest BCUT2D eigenvalue weighted by molar-refractivity contribution is 5.89. The van der Waals surface area contributed by atoms with Crippen molar-refractivity contribution in [1.82, 2.24) is 10.6 Å². The van der Waals surface area contributed by atoms with Crippen LogP contribution in [0.2, 0.25) is 0 Å². The first kappa shape index (κ1) is 17.0. The van der Waals surface area contributed by atoms with Crippen molar-refractivity contribution in [3.05, 3.63) is 48.6 Å². The third kappa shape index (κ3) is 7.92. The summed E-state index contributed by atoms with van der Waals surface area (Å²) >= 11 is 0. The molecule has 0 spiro atoms. The normalized spacial score (nSPS) is 17.0. The Kier molecular flexibility index (Phi) is 7.87. The molecule has 0 aliphatic heterocycles. The van der Waals surface area contributed by atoms with Gasteiger partial charge in [0.15, 0.2) is 0 Å². The maximum atomic E-state index is 11.7. The Morgan fingerprint density at radius 2 is 1.57 bits per heavy atom. The summed E-state index contributed by atoms with van der Waals surface area (Å²) in [6.45, 7) is 4.25. The lowest BCUT2D eigenvalue weighted by atomic mass is 10.2. The third-order valence-electron chi connectivity index (χ3n) is 3.12. The van der Waals surface area contributed by atoms with Crippen molar-refractivity contribution in [2.45, 2.75) is 32.7 Å². The van der Waals surface area contributed by atoms with Gasteiger partial charge >= 0.3 is 0 Å². The predicted molar refractivity (Wildman–Crippen MR) is 85.6 cm³/mol. The zero-order valence-electron chi connectivity index (χ0n) is 12.7. The zero-order chi connectivity index (χ0) is 15.5. The minimum absolute atomic E-state index is 0.00632. The molecule has 1 aliphatic carbocycles. The molecule has 1 fully saturated rings. The number of carbonyl (C=O) groups is 2. The van der Waals surface area contributed by atoms with Crippen LogP contribution in [0.15, 0.2) is 48.6 Å². The van der Waals surface area contributed by atoms with E-state index in [1.54, 1.807) is 24.3 Å². The number of nitrogens with one attached hydrogen (secondary N) is 2. The van der Waals surface area contributed by atoms with Gasteiger partial charge in [-0.3, -0.25) is 9.59 Å². The molecule has 0 heterocycles. The number of allylic oxidation sites excluding steroid dienone is 6. The molecular formula is C17H24N2O2. The van der Waals surface area contributed by atoms with E-state index in [4.69, 9.17) is 0 Å². The molecule has 2 amide bonds. The highest BCUT2D eigenvalue weighted by atomic mass is 16.2. The van der Waals surface area contributed by atoms with Crippen molar-refractivity contribution in [2.24, 2.45) is 5.92 Å². The lowest BCUT2D eigenvalue weighted by molar-refractivity contribution is -0.119. The van der Waals surface area contributed by atoms with Crippen molar-refractivity contribution >= 4 is 11.8 Å². The average molecular weight is 288 g/mol. The monoisotopic (exact) mass is 288 g/mol. The Hall–Kier alpha value is -2.10. The van der Waals surface area contributed by atoms with E-state index in [0.29, 0.717) is 12.5 Å².